The Morgan fingerprint density at radius 3 is 2.65 bits per heavy atom. The first-order chi connectivity index (χ1) is 12.5. The molecule has 0 aliphatic heterocycles. The Labute approximate surface area is 157 Å². The number of amides is 1. The van der Waals surface area contributed by atoms with Crippen molar-refractivity contribution in [3.63, 3.8) is 0 Å². The van der Waals surface area contributed by atoms with Gasteiger partial charge in [-0.25, -0.2) is 4.98 Å². The number of benzene rings is 1. The molecule has 6 nitrogen and oxygen atoms in total. The maximum absolute atomic E-state index is 12.4. The smallest absolute Gasteiger partial charge is 0.261 e. The molecular formula is C19H24N4O2S. The molecule has 3 aromatic rings. The predicted octanol–water partition coefficient (Wildman–Crippen LogP) is 3.69. The molecule has 26 heavy (non-hydrogen) atoms. The summed E-state index contributed by atoms with van der Waals surface area (Å²) in [5.74, 6) is 1.60. The van der Waals surface area contributed by atoms with E-state index in [4.69, 9.17) is 9.72 Å². The molecule has 0 fully saturated rings. The van der Waals surface area contributed by atoms with Crippen LogP contribution in [0.15, 0.2) is 30.3 Å². The van der Waals surface area contributed by atoms with Crippen LogP contribution in [0.25, 0.3) is 16.0 Å². The number of hydrogen-bond acceptors (Lipinski definition) is 5. The van der Waals surface area contributed by atoms with Crippen molar-refractivity contribution in [3.05, 3.63) is 35.2 Å². The van der Waals surface area contributed by atoms with E-state index in [-0.39, 0.29) is 5.91 Å². The molecule has 0 aliphatic rings. The number of anilines is 1. The van der Waals surface area contributed by atoms with Crippen molar-refractivity contribution in [2.45, 2.75) is 19.8 Å². The van der Waals surface area contributed by atoms with E-state index in [0.717, 1.165) is 40.6 Å². The van der Waals surface area contributed by atoms with Gasteiger partial charge in [0, 0.05) is 20.6 Å². The largest absolute Gasteiger partial charge is 0.497 e. The summed E-state index contributed by atoms with van der Waals surface area (Å²) >= 11 is 1.46. The molecule has 1 aromatic carbocycles. The van der Waals surface area contributed by atoms with Crippen LogP contribution in [0.5, 0.6) is 5.75 Å². The number of thiophene rings is 1. The number of unbranched alkanes of at least 4 members (excludes halogenated alkanes) is 1. The molecule has 0 aliphatic carbocycles. The first kappa shape index (κ1) is 18.3. The molecule has 3 rings (SSSR count). The number of nitrogens with one attached hydrogen (secondary N) is 1. The molecular weight excluding hydrogens is 348 g/mol. The fourth-order valence-electron chi connectivity index (χ4n) is 2.70. The van der Waals surface area contributed by atoms with Crippen molar-refractivity contribution < 1.29 is 9.53 Å². The predicted molar refractivity (Wildman–Crippen MR) is 107 cm³/mol. The highest BCUT2D eigenvalue weighted by Gasteiger charge is 2.19. The second kappa shape index (κ2) is 7.78. The number of imidazole rings is 1. The standard InChI is InChI=1S/C19H24N4O2S/c1-5-6-11-20-17(24)16-12-15-18(26-16)23(19(21-15)22(2)3)13-7-9-14(25-4)10-8-13/h7-10,12H,5-6,11H2,1-4H3,(H,20,24). The molecule has 1 amide bonds. The number of nitrogens with zero attached hydrogens (tertiary/aromatic N) is 3. The van der Waals surface area contributed by atoms with Crippen LogP contribution < -0.4 is 15.0 Å². The van der Waals surface area contributed by atoms with E-state index >= 15 is 0 Å². The second-order valence-electron chi connectivity index (χ2n) is 6.25. The molecule has 0 saturated carbocycles. The number of hydrogen-bond donors (Lipinski definition) is 1. The minimum atomic E-state index is -0.0332. The molecule has 7 heteroatoms. The number of carbonyl (C=O) groups excluding carboxylic acids is 1. The van der Waals surface area contributed by atoms with Crippen molar-refractivity contribution in [2.24, 2.45) is 0 Å². The second-order valence-corrected chi connectivity index (χ2v) is 7.28. The van der Waals surface area contributed by atoms with E-state index in [2.05, 4.69) is 16.8 Å². The van der Waals surface area contributed by atoms with Crippen LogP contribution in [0.3, 0.4) is 0 Å². The highest BCUT2D eigenvalue weighted by molar-refractivity contribution is 7.20. The Balaban J connectivity index is 2.01. The monoisotopic (exact) mass is 372 g/mol. The fraction of sp³-hybridized carbons (Fsp3) is 0.368. The Bertz CT molecular complexity index is 896. The van der Waals surface area contributed by atoms with Gasteiger partial charge in [0.1, 0.15) is 16.1 Å². The van der Waals surface area contributed by atoms with Crippen LogP contribution in [0.1, 0.15) is 29.4 Å². The number of methoxy groups -OCH3 is 1. The zero-order chi connectivity index (χ0) is 18.7. The van der Waals surface area contributed by atoms with E-state index < -0.39 is 0 Å². The SMILES string of the molecule is CCCCNC(=O)c1cc2nc(N(C)C)n(-c3ccc(OC)cc3)c2s1. The van der Waals surface area contributed by atoms with Crippen molar-refractivity contribution in [3.8, 4) is 11.4 Å². The minimum absolute atomic E-state index is 0.0332. The lowest BCUT2D eigenvalue weighted by atomic mass is 10.3. The van der Waals surface area contributed by atoms with E-state index in [1.165, 1.54) is 11.3 Å². The highest BCUT2D eigenvalue weighted by Crippen LogP contribution is 2.33. The number of ether oxygens (including phenoxy) is 1. The quantitative estimate of drug-likeness (QED) is 0.643. The van der Waals surface area contributed by atoms with Gasteiger partial charge in [0.2, 0.25) is 5.95 Å². The van der Waals surface area contributed by atoms with Gasteiger partial charge in [-0.2, -0.15) is 0 Å². The van der Waals surface area contributed by atoms with Crippen LogP contribution in [0, 0.1) is 0 Å². The molecule has 2 heterocycles. The Hall–Kier alpha value is -2.54. The fourth-order valence-corrected chi connectivity index (χ4v) is 3.73. The van der Waals surface area contributed by atoms with Gasteiger partial charge >= 0.3 is 0 Å². The summed E-state index contributed by atoms with van der Waals surface area (Å²) in [6.07, 6.45) is 2.04. The van der Waals surface area contributed by atoms with Gasteiger partial charge in [-0.1, -0.05) is 13.3 Å². The minimum Gasteiger partial charge on any atom is -0.497 e. The molecule has 0 saturated heterocycles. The number of aromatic nitrogens is 2. The summed E-state index contributed by atoms with van der Waals surface area (Å²) in [4.78, 5) is 20.7. The number of fused-ring (bicyclic) bond motifs is 1. The van der Waals surface area contributed by atoms with E-state index in [0.29, 0.717) is 11.4 Å². The molecule has 2 aromatic heterocycles. The summed E-state index contributed by atoms with van der Waals surface area (Å²) in [5, 5.41) is 2.97. The van der Waals surface area contributed by atoms with Gasteiger partial charge in [-0.3, -0.25) is 9.36 Å². The first-order valence-corrected chi connectivity index (χ1v) is 9.49. The lowest BCUT2D eigenvalue weighted by Gasteiger charge is -2.15. The normalized spacial score (nSPS) is 10.9. The van der Waals surface area contributed by atoms with Crippen LogP contribution in [-0.4, -0.2) is 43.2 Å². The van der Waals surface area contributed by atoms with Crippen LogP contribution in [0.2, 0.25) is 0 Å². The molecule has 0 atom stereocenters. The molecule has 0 spiro atoms. The van der Waals surface area contributed by atoms with Gasteiger partial charge in [-0.15, -0.1) is 11.3 Å². The van der Waals surface area contributed by atoms with Crippen LogP contribution >= 0.6 is 11.3 Å². The summed E-state index contributed by atoms with van der Waals surface area (Å²) in [7, 11) is 5.58. The molecule has 1 N–H and O–H groups in total. The molecule has 0 radical (unpaired) electrons. The number of carbonyl (C=O) groups is 1. The highest BCUT2D eigenvalue weighted by atomic mass is 32.1. The Morgan fingerprint density at radius 2 is 2.04 bits per heavy atom. The van der Waals surface area contributed by atoms with E-state index in [9.17, 15) is 4.79 Å². The summed E-state index contributed by atoms with van der Waals surface area (Å²) in [5.41, 5.74) is 1.81. The average molecular weight is 372 g/mol. The maximum atomic E-state index is 12.4. The van der Waals surface area contributed by atoms with Gasteiger partial charge in [0.05, 0.1) is 17.7 Å². The zero-order valence-corrected chi connectivity index (χ0v) is 16.4. The zero-order valence-electron chi connectivity index (χ0n) is 15.6. The van der Waals surface area contributed by atoms with Gasteiger partial charge in [0.25, 0.3) is 5.91 Å². The van der Waals surface area contributed by atoms with Gasteiger partial charge < -0.3 is 15.0 Å². The number of rotatable bonds is 7. The summed E-state index contributed by atoms with van der Waals surface area (Å²) in [6.45, 7) is 2.81. The van der Waals surface area contributed by atoms with Crippen molar-refractivity contribution in [2.75, 3.05) is 32.6 Å². The molecule has 0 bridgehead atoms. The average Bonchev–Trinajstić information content (AvgIpc) is 3.20. The van der Waals surface area contributed by atoms with E-state index in [1.807, 2.05) is 49.3 Å². The lowest BCUT2D eigenvalue weighted by molar-refractivity contribution is 0.0957. The van der Waals surface area contributed by atoms with Crippen molar-refractivity contribution >= 4 is 33.5 Å². The summed E-state index contributed by atoms with van der Waals surface area (Å²) < 4.78 is 7.32. The van der Waals surface area contributed by atoms with Crippen molar-refractivity contribution in [1.82, 2.24) is 14.9 Å². The Kier molecular flexibility index (Phi) is 5.46. The van der Waals surface area contributed by atoms with Crippen LogP contribution in [0.4, 0.5) is 5.95 Å². The third kappa shape index (κ3) is 3.53. The van der Waals surface area contributed by atoms with Gasteiger partial charge in [0.15, 0.2) is 0 Å². The third-order valence-corrected chi connectivity index (χ3v) is 5.20. The molecule has 0 unspecified atom stereocenters. The van der Waals surface area contributed by atoms with Crippen molar-refractivity contribution in [1.29, 1.82) is 0 Å². The van der Waals surface area contributed by atoms with E-state index in [1.54, 1.807) is 7.11 Å². The topological polar surface area (TPSA) is 59.4 Å². The Morgan fingerprint density at radius 1 is 1.31 bits per heavy atom. The molecule has 138 valence electrons. The van der Waals surface area contributed by atoms with Crippen LogP contribution in [-0.2, 0) is 0 Å². The summed E-state index contributed by atoms with van der Waals surface area (Å²) in [6, 6.07) is 9.70. The van der Waals surface area contributed by atoms with Gasteiger partial charge in [-0.05, 0) is 36.8 Å². The maximum Gasteiger partial charge on any atom is 0.261 e. The third-order valence-electron chi connectivity index (χ3n) is 4.09. The lowest BCUT2D eigenvalue weighted by Crippen LogP contribution is -2.23. The first-order valence-electron chi connectivity index (χ1n) is 8.67.